The lowest BCUT2D eigenvalue weighted by Crippen LogP contribution is -2.26. The molecule has 1 unspecified atom stereocenters. The summed E-state index contributed by atoms with van der Waals surface area (Å²) < 4.78 is 5.74. The molecule has 0 aliphatic carbocycles. The van der Waals surface area contributed by atoms with Gasteiger partial charge in [-0.15, -0.1) is 0 Å². The molecule has 0 saturated carbocycles. The molecule has 1 aromatic heterocycles. The molecule has 4 heteroatoms. The fraction of sp³-hybridized carbons (Fsp3) is 0.643. The van der Waals surface area contributed by atoms with Crippen LogP contribution in [0.5, 0.6) is 5.88 Å². The second kappa shape index (κ2) is 6.71. The van der Waals surface area contributed by atoms with Gasteiger partial charge in [0.1, 0.15) is 0 Å². The van der Waals surface area contributed by atoms with Gasteiger partial charge in [0, 0.05) is 24.8 Å². The summed E-state index contributed by atoms with van der Waals surface area (Å²) in [6.45, 7) is 2.83. The Bertz CT molecular complexity index is 370. The first-order valence-corrected chi connectivity index (χ1v) is 6.72. The average Bonchev–Trinajstić information content (AvgIpc) is 2.76. The molecule has 0 aromatic carbocycles. The number of pyridine rings is 1. The van der Waals surface area contributed by atoms with Gasteiger partial charge in [-0.05, 0) is 51.5 Å². The Morgan fingerprint density at radius 2 is 2.44 bits per heavy atom. The molecule has 0 spiro atoms. The molecule has 2 heterocycles. The molecule has 1 N–H and O–H groups in total. The van der Waals surface area contributed by atoms with Crippen molar-refractivity contribution in [2.24, 2.45) is 0 Å². The van der Waals surface area contributed by atoms with E-state index in [9.17, 15) is 0 Å². The van der Waals surface area contributed by atoms with Gasteiger partial charge < -0.3 is 15.0 Å². The van der Waals surface area contributed by atoms with E-state index in [-0.39, 0.29) is 0 Å². The number of rotatable bonds is 6. The molecule has 1 saturated heterocycles. The van der Waals surface area contributed by atoms with Crippen LogP contribution in [-0.2, 0) is 6.54 Å². The molecule has 0 bridgehead atoms. The highest BCUT2D eigenvalue weighted by Gasteiger charge is 2.20. The molecular formula is C14H23N3O. The van der Waals surface area contributed by atoms with Crippen LogP contribution in [0, 0.1) is 0 Å². The zero-order chi connectivity index (χ0) is 12.8. The van der Waals surface area contributed by atoms with E-state index < -0.39 is 0 Å². The van der Waals surface area contributed by atoms with Gasteiger partial charge in [-0.1, -0.05) is 0 Å². The summed E-state index contributed by atoms with van der Waals surface area (Å²) in [7, 11) is 4.14. The van der Waals surface area contributed by atoms with E-state index in [1.54, 1.807) is 0 Å². The molecule has 1 aromatic rings. The van der Waals surface area contributed by atoms with Crippen molar-refractivity contribution >= 4 is 0 Å². The molecule has 1 aliphatic rings. The number of aromatic nitrogens is 1. The summed E-state index contributed by atoms with van der Waals surface area (Å²) in [5.74, 6) is 0.739. The first-order valence-electron chi connectivity index (χ1n) is 6.72. The molecule has 2 rings (SSSR count). The highest BCUT2D eigenvalue weighted by Crippen LogP contribution is 2.18. The van der Waals surface area contributed by atoms with Crippen LogP contribution in [-0.4, -0.2) is 43.2 Å². The molecule has 1 atom stereocenters. The Hall–Kier alpha value is -1.13. The maximum atomic E-state index is 5.74. The predicted molar refractivity (Wildman–Crippen MR) is 72.8 cm³/mol. The molecular weight excluding hydrogens is 226 g/mol. The summed E-state index contributed by atoms with van der Waals surface area (Å²) >= 11 is 0. The molecule has 4 nitrogen and oxygen atoms in total. The lowest BCUT2D eigenvalue weighted by Gasteiger charge is -2.19. The van der Waals surface area contributed by atoms with E-state index in [1.165, 1.54) is 24.9 Å². The first kappa shape index (κ1) is 13.3. The number of nitrogens with one attached hydrogen (secondary N) is 1. The Kier molecular flexibility index (Phi) is 4.96. The first-order chi connectivity index (χ1) is 8.79. The highest BCUT2D eigenvalue weighted by atomic mass is 16.5. The van der Waals surface area contributed by atoms with Crippen molar-refractivity contribution in [2.75, 3.05) is 27.2 Å². The summed E-state index contributed by atoms with van der Waals surface area (Å²) in [6.07, 6.45) is 5.52. The summed E-state index contributed by atoms with van der Waals surface area (Å²) in [4.78, 5) is 6.67. The number of ether oxygens (including phenoxy) is 1. The fourth-order valence-corrected chi connectivity index (χ4v) is 2.49. The van der Waals surface area contributed by atoms with Crippen molar-refractivity contribution < 1.29 is 4.74 Å². The molecule has 0 amide bonds. The molecule has 0 radical (unpaired) electrons. The molecule has 100 valence electrons. The van der Waals surface area contributed by atoms with Gasteiger partial charge in [-0.3, -0.25) is 0 Å². The van der Waals surface area contributed by atoms with E-state index >= 15 is 0 Å². The van der Waals surface area contributed by atoms with Crippen LogP contribution in [0.3, 0.4) is 0 Å². The quantitative estimate of drug-likeness (QED) is 0.832. The van der Waals surface area contributed by atoms with Crippen molar-refractivity contribution in [3.05, 3.63) is 23.9 Å². The minimum Gasteiger partial charge on any atom is -0.478 e. The van der Waals surface area contributed by atoms with E-state index in [4.69, 9.17) is 4.74 Å². The van der Waals surface area contributed by atoms with Crippen molar-refractivity contribution in [3.8, 4) is 5.88 Å². The third-order valence-electron chi connectivity index (χ3n) is 3.55. The summed E-state index contributed by atoms with van der Waals surface area (Å²) in [5.41, 5.74) is 1.21. The van der Waals surface area contributed by atoms with E-state index in [1.807, 2.05) is 25.4 Å². The minimum atomic E-state index is 0.686. The lowest BCUT2D eigenvalue weighted by atomic mass is 10.1. The van der Waals surface area contributed by atoms with Crippen LogP contribution >= 0.6 is 0 Å². The third-order valence-corrected chi connectivity index (χ3v) is 3.55. The number of hydrogen-bond donors (Lipinski definition) is 1. The number of hydrogen-bond acceptors (Lipinski definition) is 4. The van der Waals surface area contributed by atoms with E-state index in [2.05, 4.69) is 22.2 Å². The van der Waals surface area contributed by atoms with Crippen LogP contribution in [0.2, 0.25) is 0 Å². The van der Waals surface area contributed by atoms with Crippen LogP contribution in [0.15, 0.2) is 18.3 Å². The van der Waals surface area contributed by atoms with E-state index in [0.29, 0.717) is 6.04 Å². The Balaban J connectivity index is 1.77. The van der Waals surface area contributed by atoms with Crippen LogP contribution in [0.4, 0.5) is 0 Å². The average molecular weight is 249 g/mol. The minimum absolute atomic E-state index is 0.686. The maximum Gasteiger partial charge on any atom is 0.213 e. The standard InChI is InChI=1S/C14H23N3O/c1-15-11-12-5-7-16-14(10-12)18-9-6-13-4-3-8-17(13)2/h5,7,10,13,15H,3-4,6,8-9,11H2,1-2H3. The Morgan fingerprint density at radius 1 is 1.56 bits per heavy atom. The molecule has 18 heavy (non-hydrogen) atoms. The van der Waals surface area contributed by atoms with Gasteiger partial charge in [0.2, 0.25) is 5.88 Å². The smallest absolute Gasteiger partial charge is 0.213 e. The third kappa shape index (κ3) is 3.68. The topological polar surface area (TPSA) is 37.4 Å². The van der Waals surface area contributed by atoms with Crippen LogP contribution < -0.4 is 10.1 Å². The van der Waals surface area contributed by atoms with Gasteiger partial charge in [-0.25, -0.2) is 4.98 Å². The Labute approximate surface area is 109 Å². The van der Waals surface area contributed by atoms with Gasteiger partial charge in [0.05, 0.1) is 6.61 Å². The highest BCUT2D eigenvalue weighted by molar-refractivity contribution is 5.20. The van der Waals surface area contributed by atoms with Crippen molar-refractivity contribution in [1.29, 1.82) is 0 Å². The van der Waals surface area contributed by atoms with Crippen LogP contribution in [0.1, 0.15) is 24.8 Å². The van der Waals surface area contributed by atoms with Crippen molar-refractivity contribution in [2.45, 2.75) is 31.8 Å². The lowest BCUT2D eigenvalue weighted by molar-refractivity contribution is 0.228. The number of likely N-dealkylation sites (tertiary alicyclic amines) is 1. The number of nitrogens with zero attached hydrogens (tertiary/aromatic N) is 2. The SMILES string of the molecule is CNCc1ccnc(OCCC2CCCN2C)c1. The van der Waals surface area contributed by atoms with E-state index in [0.717, 1.165) is 25.5 Å². The van der Waals surface area contributed by atoms with Crippen molar-refractivity contribution in [3.63, 3.8) is 0 Å². The summed E-state index contributed by atoms with van der Waals surface area (Å²) in [5, 5.41) is 3.13. The monoisotopic (exact) mass is 249 g/mol. The fourth-order valence-electron chi connectivity index (χ4n) is 2.49. The Morgan fingerprint density at radius 3 is 3.17 bits per heavy atom. The zero-order valence-corrected chi connectivity index (χ0v) is 11.4. The van der Waals surface area contributed by atoms with Gasteiger partial charge in [0.25, 0.3) is 0 Å². The second-order valence-corrected chi connectivity index (χ2v) is 4.95. The second-order valence-electron chi connectivity index (χ2n) is 4.95. The zero-order valence-electron chi connectivity index (χ0n) is 11.4. The van der Waals surface area contributed by atoms with Gasteiger partial charge >= 0.3 is 0 Å². The normalized spacial score (nSPS) is 20.2. The van der Waals surface area contributed by atoms with Gasteiger partial charge in [0.15, 0.2) is 0 Å². The summed E-state index contributed by atoms with van der Waals surface area (Å²) in [6, 6.07) is 4.70. The molecule has 1 fully saturated rings. The maximum absolute atomic E-state index is 5.74. The van der Waals surface area contributed by atoms with Gasteiger partial charge in [-0.2, -0.15) is 0 Å². The predicted octanol–water partition coefficient (Wildman–Crippen LogP) is 1.66. The van der Waals surface area contributed by atoms with Crippen LogP contribution in [0.25, 0.3) is 0 Å². The largest absolute Gasteiger partial charge is 0.478 e. The molecule has 1 aliphatic heterocycles. The van der Waals surface area contributed by atoms with Crippen molar-refractivity contribution in [1.82, 2.24) is 15.2 Å².